The summed E-state index contributed by atoms with van der Waals surface area (Å²) in [4.78, 5) is 0. The second-order valence-electron chi connectivity index (χ2n) is 2.77. The van der Waals surface area contributed by atoms with Crippen molar-refractivity contribution in [3.63, 3.8) is 0 Å². The highest BCUT2D eigenvalue weighted by molar-refractivity contribution is 8.02. The molecule has 2 rings (SSSR count). The Kier molecular flexibility index (Phi) is 1.68. The van der Waals surface area contributed by atoms with Crippen LogP contribution in [0.2, 0.25) is 0 Å². The quantitative estimate of drug-likeness (QED) is 0.551. The minimum Gasteiger partial charge on any atom is -0.300 e. The van der Waals surface area contributed by atoms with Crippen LogP contribution < -0.4 is 5.32 Å². The molecule has 1 unspecified atom stereocenters. The molecule has 2 heteroatoms. The van der Waals surface area contributed by atoms with Gasteiger partial charge in [0.1, 0.15) is 0 Å². The summed E-state index contributed by atoms with van der Waals surface area (Å²) < 4.78 is 0. The van der Waals surface area contributed by atoms with Gasteiger partial charge in [-0.25, -0.2) is 0 Å². The molecule has 2 saturated heterocycles. The number of nitrogens with one attached hydrogen (secondary N) is 1. The zero-order valence-corrected chi connectivity index (χ0v) is 6.34. The molecule has 1 radical (unpaired) electrons. The van der Waals surface area contributed by atoms with Crippen LogP contribution >= 0.6 is 11.8 Å². The molecule has 2 aliphatic heterocycles. The Morgan fingerprint density at radius 1 is 1.44 bits per heavy atom. The van der Waals surface area contributed by atoms with Crippen LogP contribution in [0.4, 0.5) is 0 Å². The Morgan fingerprint density at radius 2 is 2.44 bits per heavy atom. The van der Waals surface area contributed by atoms with Crippen LogP contribution in [-0.2, 0) is 0 Å². The van der Waals surface area contributed by atoms with E-state index in [9.17, 15) is 0 Å². The van der Waals surface area contributed by atoms with Gasteiger partial charge in [0, 0.05) is 0 Å². The number of thioether (sulfide) groups is 1. The van der Waals surface area contributed by atoms with E-state index in [4.69, 9.17) is 0 Å². The predicted molar refractivity (Wildman–Crippen MR) is 41.0 cm³/mol. The highest BCUT2D eigenvalue weighted by Gasteiger charge is 2.30. The van der Waals surface area contributed by atoms with Crippen molar-refractivity contribution in [3.05, 3.63) is 5.37 Å². The van der Waals surface area contributed by atoms with Crippen molar-refractivity contribution in [2.24, 2.45) is 5.92 Å². The lowest BCUT2D eigenvalue weighted by Crippen LogP contribution is -2.28. The smallest absolute Gasteiger partial charge is 0.0955 e. The topological polar surface area (TPSA) is 12.0 Å². The van der Waals surface area contributed by atoms with Crippen LogP contribution in [0.3, 0.4) is 0 Å². The minimum atomic E-state index is 0.934. The third kappa shape index (κ3) is 1.10. The average Bonchev–Trinajstić information content (AvgIpc) is 2.33. The molecule has 9 heavy (non-hydrogen) atoms. The summed E-state index contributed by atoms with van der Waals surface area (Å²) in [6.45, 7) is 1.22. The average molecular weight is 142 g/mol. The fourth-order valence-corrected chi connectivity index (χ4v) is 2.89. The van der Waals surface area contributed by atoms with Gasteiger partial charge in [0.2, 0.25) is 0 Å². The maximum atomic E-state index is 3.46. The molecule has 0 aromatic rings. The van der Waals surface area contributed by atoms with E-state index in [1.165, 1.54) is 31.6 Å². The van der Waals surface area contributed by atoms with Crippen LogP contribution in [0.25, 0.3) is 0 Å². The van der Waals surface area contributed by atoms with Crippen LogP contribution in [0.15, 0.2) is 0 Å². The molecule has 2 aliphatic rings. The van der Waals surface area contributed by atoms with Crippen molar-refractivity contribution in [3.8, 4) is 0 Å². The molecule has 0 saturated carbocycles. The van der Waals surface area contributed by atoms with Gasteiger partial charge >= 0.3 is 0 Å². The van der Waals surface area contributed by atoms with Gasteiger partial charge in [0.05, 0.1) is 5.37 Å². The number of hydrogen-bond donors (Lipinski definition) is 1. The first kappa shape index (κ1) is 6.05. The Hall–Kier alpha value is 0.310. The summed E-state index contributed by atoms with van der Waals surface area (Å²) in [5, 5.41) is 5.05. The van der Waals surface area contributed by atoms with Gasteiger partial charge < -0.3 is 5.32 Å². The van der Waals surface area contributed by atoms with Gasteiger partial charge in [-0.1, -0.05) is 0 Å². The minimum absolute atomic E-state index is 0.934. The van der Waals surface area contributed by atoms with Crippen LogP contribution in [-0.4, -0.2) is 12.3 Å². The lowest BCUT2D eigenvalue weighted by Gasteiger charge is -2.23. The predicted octanol–water partition coefficient (Wildman–Crippen LogP) is 1.61. The molecule has 51 valence electrons. The molecular weight excluding hydrogens is 130 g/mol. The van der Waals surface area contributed by atoms with Gasteiger partial charge in [0.15, 0.2) is 0 Å². The van der Waals surface area contributed by atoms with Crippen LogP contribution in [0.5, 0.6) is 0 Å². The third-order valence-corrected chi connectivity index (χ3v) is 3.35. The second-order valence-corrected chi connectivity index (χ2v) is 3.90. The molecular formula is C7H12NS. The van der Waals surface area contributed by atoms with Crippen LogP contribution in [0, 0.1) is 11.3 Å². The molecule has 2 fully saturated rings. The highest BCUT2D eigenvalue weighted by Crippen LogP contribution is 2.41. The summed E-state index contributed by atoms with van der Waals surface area (Å²) in [6.07, 6.45) is 4.25. The number of fused-ring (bicyclic) bond motifs is 1. The monoisotopic (exact) mass is 142 g/mol. The SMILES string of the molecule is C1CN[C]2SCCC2C1. The second kappa shape index (κ2) is 2.51. The van der Waals surface area contributed by atoms with Crippen molar-refractivity contribution in [1.82, 2.24) is 5.32 Å². The van der Waals surface area contributed by atoms with E-state index in [0.29, 0.717) is 0 Å². The molecule has 1 atom stereocenters. The van der Waals surface area contributed by atoms with Crippen molar-refractivity contribution in [2.45, 2.75) is 19.3 Å². The number of piperidine rings is 1. The Morgan fingerprint density at radius 3 is 3.33 bits per heavy atom. The van der Waals surface area contributed by atoms with Crippen molar-refractivity contribution in [1.29, 1.82) is 0 Å². The van der Waals surface area contributed by atoms with Crippen LogP contribution in [0.1, 0.15) is 19.3 Å². The third-order valence-electron chi connectivity index (χ3n) is 2.12. The Bertz CT molecular complexity index is 93.1. The van der Waals surface area contributed by atoms with E-state index in [1.807, 2.05) is 11.8 Å². The van der Waals surface area contributed by atoms with Gasteiger partial charge in [-0.3, -0.25) is 0 Å². The molecule has 0 amide bonds. The van der Waals surface area contributed by atoms with E-state index in [-0.39, 0.29) is 0 Å². The van der Waals surface area contributed by atoms with Gasteiger partial charge in [-0.05, 0) is 37.5 Å². The van der Waals surface area contributed by atoms with Gasteiger partial charge in [-0.2, -0.15) is 0 Å². The van der Waals surface area contributed by atoms with E-state index in [1.54, 1.807) is 5.37 Å². The fraction of sp³-hybridized carbons (Fsp3) is 0.857. The molecule has 0 spiro atoms. The Labute approximate surface area is 60.6 Å². The van der Waals surface area contributed by atoms with Gasteiger partial charge in [0.25, 0.3) is 0 Å². The molecule has 0 aliphatic carbocycles. The van der Waals surface area contributed by atoms with Crippen molar-refractivity contribution < 1.29 is 0 Å². The first-order chi connectivity index (χ1) is 4.47. The summed E-state index contributed by atoms with van der Waals surface area (Å²) in [7, 11) is 0. The summed E-state index contributed by atoms with van der Waals surface area (Å²) in [5.41, 5.74) is 0. The Balaban J connectivity index is 1.97. The highest BCUT2D eigenvalue weighted by atomic mass is 32.2. The molecule has 1 N–H and O–H groups in total. The normalized spacial score (nSPS) is 36.7. The molecule has 0 aromatic carbocycles. The maximum Gasteiger partial charge on any atom is 0.0955 e. The summed E-state index contributed by atoms with van der Waals surface area (Å²) >= 11 is 2.03. The van der Waals surface area contributed by atoms with Gasteiger partial charge in [-0.15, -0.1) is 11.8 Å². The summed E-state index contributed by atoms with van der Waals surface area (Å²) in [6, 6.07) is 0. The van der Waals surface area contributed by atoms with E-state index in [0.717, 1.165) is 5.92 Å². The van der Waals surface area contributed by atoms with E-state index < -0.39 is 0 Å². The lowest BCUT2D eigenvalue weighted by molar-refractivity contribution is 0.426. The number of hydrogen-bond acceptors (Lipinski definition) is 2. The zero-order valence-electron chi connectivity index (χ0n) is 5.52. The van der Waals surface area contributed by atoms with E-state index in [2.05, 4.69) is 5.32 Å². The first-order valence-electron chi connectivity index (χ1n) is 3.70. The largest absolute Gasteiger partial charge is 0.300 e. The molecule has 1 nitrogen and oxygen atoms in total. The lowest BCUT2D eigenvalue weighted by atomic mass is 9.97. The molecule has 2 heterocycles. The van der Waals surface area contributed by atoms with Crippen molar-refractivity contribution >= 4 is 11.8 Å². The summed E-state index contributed by atoms with van der Waals surface area (Å²) in [5.74, 6) is 2.29. The standard InChI is InChI=1S/C7H12NS/c1-2-6-3-5-9-7(6)8-4-1/h6,8H,1-5H2. The zero-order chi connectivity index (χ0) is 6.10. The number of rotatable bonds is 0. The van der Waals surface area contributed by atoms with Crippen molar-refractivity contribution in [2.75, 3.05) is 12.3 Å². The fourth-order valence-electron chi connectivity index (χ4n) is 1.59. The molecule has 0 bridgehead atoms. The first-order valence-corrected chi connectivity index (χ1v) is 4.69. The molecule has 0 aromatic heterocycles. The maximum absolute atomic E-state index is 3.46. The van der Waals surface area contributed by atoms with E-state index >= 15 is 0 Å².